The average Bonchev–Trinajstić information content (AvgIpc) is 2.68. The fraction of sp³-hybridized carbons (Fsp3) is 0.357. The summed E-state index contributed by atoms with van der Waals surface area (Å²) < 4.78 is 5.64. The maximum Gasteiger partial charge on any atom is 0.134 e. The highest BCUT2D eigenvalue weighted by atomic mass is 35.5. The van der Waals surface area contributed by atoms with Gasteiger partial charge in [0.05, 0.1) is 0 Å². The van der Waals surface area contributed by atoms with Crippen LogP contribution in [0.3, 0.4) is 0 Å². The van der Waals surface area contributed by atoms with E-state index in [1.807, 2.05) is 25.1 Å². The van der Waals surface area contributed by atoms with Crippen molar-refractivity contribution >= 4 is 28.4 Å². The molecule has 0 amide bonds. The van der Waals surface area contributed by atoms with E-state index >= 15 is 0 Å². The molecule has 0 atom stereocenters. The Kier molecular flexibility index (Phi) is 3.85. The van der Waals surface area contributed by atoms with Gasteiger partial charge in [0.2, 0.25) is 0 Å². The summed E-state index contributed by atoms with van der Waals surface area (Å²) in [5.74, 6) is 1.15. The van der Waals surface area contributed by atoms with Crippen LogP contribution >= 0.6 is 11.6 Å². The normalized spacial score (nSPS) is 10.9. The first-order chi connectivity index (χ1) is 8.19. The zero-order valence-corrected chi connectivity index (χ0v) is 10.6. The highest BCUT2D eigenvalue weighted by Gasteiger charge is 2.07. The Labute approximate surface area is 106 Å². The summed E-state index contributed by atoms with van der Waals surface area (Å²) in [7, 11) is 0. The molecule has 0 fully saturated rings. The van der Waals surface area contributed by atoms with Crippen molar-refractivity contribution < 1.29 is 9.21 Å². The molecule has 0 saturated heterocycles. The van der Waals surface area contributed by atoms with Crippen LogP contribution in [0.1, 0.15) is 31.9 Å². The van der Waals surface area contributed by atoms with Gasteiger partial charge in [0.25, 0.3) is 0 Å². The van der Waals surface area contributed by atoms with Crippen molar-refractivity contribution in [1.29, 1.82) is 0 Å². The van der Waals surface area contributed by atoms with Gasteiger partial charge in [-0.05, 0) is 30.7 Å². The molecule has 1 aromatic carbocycles. The van der Waals surface area contributed by atoms with Crippen LogP contribution < -0.4 is 0 Å². The van der Waals surface area contributed by atoms with Crippen LogP contribution in [-0.2, 0) is 11.2 Å². The van der Waals surface area contributed by atoms with E-state index < -0.39 is 0 Å². The minimum atomic E-state index is 0.297. The van der Waals surface area contributed by atoms with Crippen LogP contribution in [0.5, 0.6) is 0 Å². The minimum Gasteiger partial charge on any atom is -0.461 e. The van der Waals surface area contributed by atoms with Crippen LogP contribution in [-0.4, -0.2) is 5.78 Å². The molecule has 0 aliphatic carbocycles. The molecule has 3 heteroatoms. The van der Waals surface area contributed by atoms with Crippen molar-refractivity contribution in [2.24, 2.45) is 0 Å². The van der Waals surface area contributed by atoms with Crippen molar-refractivity contribution in [2.45, 2.75) is 32.6 Å². The molecule has 0 N–H and O–H groups in total. The molecule has 0 bridgehead atoms. The summed E-state index contributed by atoms with van der Waals surface area (Å²) in [4.78, 5) is 11.4. The largest absolute Gasteiger partial charge is 0.461 e. The quantitative estimate of drug-likeness (QED) is 0.788. The Morgan fingerprint density at radius 3 is 2.88 bits per heavy atom. The second-order valence-corrected chi connectivity index (χ2v) is 4.62. The van der Waals surface area contributed by atoms with Crippen LogP contribution in [0, 0.1) is 0 Å². The molecule has 0 saturated carbocycles. The monoisotopic (exact) mass is 250 g/mol. The van der Waals surface area contributed by atoms with Crippen LogP contribution in [0.25, 0.3) is 11.0 Å². The number of rotatable bonds is 5. The first-order valence-electron chi connectivity index (χ1n) is 5.88. The number of hydrogen-bond donors (Lipinski definition) is 0. The van der Waals surface area contributed by atoms with Crippen molar-refractivity contribution in [3.63, 3.8) is 0 Å². The fourth-order valence-corrected chi connectivity index (χ4v) is 2.04. The number of benzene rings is 1. The standard InChI is InChI=1S/C14H15ClO2/c1-2-3-12(16)5-6-13-9-10-8-11(15)4-7-14(10)17-13/h4,7-9H,2-3,5-6H2,1H3. The van der Waals surface area contributed by atoms with Gasteiger partial charge < -0.3 is 4.42 Å². The molecule has 0 spiro atoms. The number of carbonyl (C=O) groups is 1. The lowest BCUT2D eigenvalue weighted by atomic mass is 10.1. The number of aryl methyl sites for hydroxylation is 1. The fourth-order valence-electron chi connectivity index (χ4n) is 1.86. The van der Waals surface area contributed by atoms with E-state index in [1.165, 1.54) is 0 Å². The zero-order chi connectivity index (χ0) is 12.3. The molecule has 2 rings (SSSR count). The predicted octanol–water partition coefficient (Wildman–Crippen LogP) is 4.39. The lowest BCUT2D eigenvalue weighted by Crippen LogP contribution is -1.98. The number of fused-ring (bicyclic) bond motifs is 1. The summed E-state index contributed by atoms with van der Waals surface area (Å²) in [6, 6.07) is 7.49. The van der Waals surface area contributed by atoms with E-state index in [0.717, 1.165) is 23.2 Å². The SMILES string of the molecule is CCCC(=O)CCc1cc2cc(Cl)ccc2o1. The third-order valence-corrected chi connectivity index (χ3v) is 2.94. The van der Waals surface area contributed by atoms with Gasteiger partial charge in [0, 0.05) is 29.7 Å². The first-order valence-corrected chi connectivity index (χ1v) is 6.26. The molecule has 2 nitrogen and oxygen atoms in total. The molecule has 0 unspecified atom stereocenters. The molecule has 17 heavy (non-hydrogen) atoms. The van der Waals surface area contributed by atoms with Gasteiger partial charge in [-0.1, -0.05) is 18.5 Å². The number of halogens is 1. The Morgan fingerprint density at radius 1 is 1.29 bits per heavy atom. The third kappa shape index (κ3) is 3.10. The van der Waals surface area contributed by atoms with E-state index in [-0.39, 0.29) is 0 Å². The summed E-state index contributed by atoms with van der Waals surface area (Å²) in [5.41, 5.74) is 0.826. The second kappa shape index (κ2) is 5.37. The summed E-state index contributed by atoms with van der Waals surface area (Å²) in [6.07, 6.45) is 2.80. The Bertz CT molecular complexity index is 528. The van der Waals surface area contributed by atoms with Gasteiger partial charge in [-0.15, -0.1) is 0 Å². The van der Waals surface area contributed by atoms with Gasteiger partial charge in [0.15, 0.2) is 0 Å². The Morgan fingerprint density at radius 2 is 2.12 bits per heavy atom. The van der Waals surface area contributed by atoms with Crippen LogP contribution in [0.4, 0.5) is 0 Å². The summed E-state index contributed by atoms with van der Waals surface area (Å²) >= 11 is 5.90. The maximum absolute atomic E-state index is 11.4. The van der Waals surface area contributed by atoms with E-state index in [0.29, 0.717) is 30.1 Å². The molecule has 1 aromatic heterocycles. The number of Topliss-reactive ketones (excluding diaryl/α,β-unsaturated/α-hetero) is 1. The molecule has 0 aliphatic heterocycles. The molecular weight excluding hydrogens is 236 g/mol. The summed E-state index contributed by atoms with van der Waals surface area (Å²) in [6.45, 7) is 2.01. The van der Waals surface area contributed by atoms with Crippen molar-refractivity contribution in [2.75, 3.05) is 0 Å². The van der Waals surface area contributed by atoms with E-state index in [1.54, 1.807) is 6.07 Å². The minimum absolute atomic E-state index is 0.297. The molecule has 2 aromatic rings. The second-order valence-electron chi connectivity index (χ2n) is 4.18. The van der Waals surface area contributed by atoms with Gasteiger partial charge in [-0.25, -0.2) is 0 Å². The van der Waals surface area contributed by atoms with Crippen LogP contribution in [0.2, 0.25) is 5.02 Å². The molecule has 0 aliphatic rings. The lowest BCUT2D eigenvalue weighted by Gasteiger charge is -1.95. The van der Waals surface area contributed by atoms with E-state index in [2.05, 4.69) is 0 Å². The van der Waals surface area contributed by atoms with Crippen LogP contribution in [0.15, 0.2) is 28.7 Å². The topological polar surface area (TPSA) is 30.2 Å². The number of ketones is 1. The lowest BCUT2D eigenvalue weighted by molar-refractivity contribution is -0.119. The predicted molar refractivity (Wildman–Crippen MR) is 69.5 cm³/mol. The van der Waals surface area contributed by atoms with E-state index in [4.69, 9.17) is 16.0 Å². The number of furan rings is 1. The van der Waals surface area contributed by atoms with Gasteiger partial charge >= 0.3 is 0 Å². The Hall–Kier alpha value is -1.28. The smallest absolute Gasteiger partial charge is 0.134 e. The maximum atomic E-state index is 11.4. The number of carbonyl (C=O) groups excluding carboxylic acids is 1. The van der Waals surface area contributed by atoms with Crippen molar-refractivity contribution in [1.82, 2.24) is 0 Å². The highest BCUT2D eigenvalue weighted by Crippen LogP contribution is 2.23. The molecule has 1 heterocycles. The van der Waals surface area contributed by atoms with Gasteiger partial charge in [-0.2, -0.15) is 0 Å². The number of hydrogen-bond acceptors (Lipinski definition) is 2. The zero-order valence-electron chi connectivity index (χ0n) is 9.83. The summed E-state index contributed by atoms with van der Waals surface area (Å²) in [5, 5.41) is 1.70. The third-order valence-electron chi connectivity index (χ3n) is 2.71. The highest BCUT2D eigenvalue weighted by molar-refractivity contribution is 6.31. The average molecular weight is 251 g/mol. The first kappa shape index (κ1) is 12.2. The molecular formula is C14H15ClO2. The van der Waals surface area contributed by atoms with Crippen molar-refractivity contribution in [3.8, 4) is 0 Å². The molecule has 0 radical (unpaired) electrons. The Balaban J connectivity index is 2.07. The van der Waals surface area contributed by atoms with E-state index in [9.17, 15) is 4.79 Å². The van der Waals surface area contributed by atoms with Gasteiger partial charge in [-0.3, -0.25) is 4.79 Å². The van der Waals surface area contributed by atoms with Crippen molar-refractivity contribution in [3.05, 3.63) is 35.0 Å². The van der Waals surface area contributed by atoms with Gasteiger partial charge in [0.1, 0.15) is 17.1 Å². The molecule has 90 valence electrons.